The molecule has 146 valence electrons. The molecule has 3 aromatic rings. The number of amides is 2. The van der Waals surface area contributed by atoms with E-state index in [1.807, 2.05) is 48.1 Å². The Morgan fingerprint density at radius 1 is 1.14 bits per heavy atom. The molecule has 2 N–H and O–H groups in total. The highest BCUT2D eigenvalue weighted by Gasteiger charge is 2.23. The number of rotatable bonds is 7. The smallest absolute Gasteiger partial charge is 0.315 e. The SMILES string of the molecule is COc1ccc(CNC(=O)NC(c2ccccc2OC)c2nccn2C)cn1. The normalized spacial score (nSPS) is 11.5. The van der Waals surface area contributed by atoms with Crippen LogP contribution in [0.1, 0.15) is 23.0 Å². The fourth-order valence-corrected chi connectivity index (χ4v) is 2.84. The molecule has 8 nitrogen and oxygen atoms in total. The molecule has 0 radical (unpaired) electrons. The van der Waals surface area contributed by atoms with Crippen LogP contribution >= 0.6 is 0 Å². The lowest BCUT2D eigenvalue weighted by Crippen LogP contribution is -2.39. The number of aromatic nitrogens is 3. The van der Waals surface area contributed by atoms with Crippen LogP contribution in [-0.2, 0) is 13.6 Å². The Morgan fingerprint density at radius 2 is 1.96 bits per heavy atom. The summed E-state index contributed by atoms with van der Waals surface area (Å²) in [7, 11) is 5.04. The monoisotopic (exact) mass is 381 g/mol. The number of ether oxygens (including phenoxy) is 2. The minimum atomic E-state index is -0.467. The molecule has 3 rings (SSSR count). The van der Waals surface area contributed by atoms with Gasteiger partial charge < -0.3 is 24.7 Å². The van der Waals surface area contributed by atoms with Crippen LogP contribution in [0.3, 0.4) is 0 Å². The lowest BCUT2D eigenvalue weighted by atomic mass is 10.0. The Labute approximate surface area is 163 Å². The second kappa shape index (κ2) is 8.90. The van der Waals surface area contributed by atoms with Gasteiger partial charge in [0.25, 0.3) is 0 Å². The molecule has 8 heteroatoms. The first-order valence-corrected chi connectivity index (χ1v) is 8.75. The van der Waals surface area contributed by atoms with Crippen LogP contribution in [0.25, 0.3) is 0 Å². The molecule has 0 aliphatic heterocycles. The van der Waals surface area contributed by atoms with Gasteiger partial charge in [0.1, 0.15) is 17.6 Å². The fraction of sp³-hybridized carbons (Fsp3) is 0.250. The molecule has 2 aromatic heterocycles. The molecule has 0 saturated heterocycles. The maximum Gasteiger partial charge on any atom is 0.315 e. The molecule has 0 spiro atoms. The number of urea groups is 1. The Morgan fingerprint density at radius 3 is 2.61 bits per heavy atom. The lowest BCUT2D eigenvalue weighted by Gasteiger charge is -2.21. The van der Waals surface area contributed by atoms with Gasteiger partial charge in [0.2, 0.25) is 5.88 Å². The van der Waals surface area contributed by atoms with Gasteiger partial charge in [-0.3, -0.25) is 0 Å². The van der Waals surface area contributed by atoms with Gasteiger partial charge in [-0.15, -0.1) is 0 Å². The second-order valence-corrected chi connectivity index (χ2v) is 6.11. The number of aryl methyl sites for hydroxylation is 1. The predicted octanol–water partition coefficient (Wildman–Crippen LogP) is 2.42. The number of pyridine rings is 1. The van der Waals surface area contributed by atoms with Gasteiger partial charge in [0.15, 0.2) is 0 Å². The predicted molar refractivity (Wildman–Crippen MR) is 104 cm³/mol. The topological polar surface area (TPSA) is 90.3 Å². The summed E-state index contributed by atoms with van der Waals surface area (Å²) in [6.45, 7) is 0.335. The Hall–Kier alpha value is -3.55. The van der Waals surface area contributed by atoms with Crippen LogP contribution < -0.4 is 20.1 Å². The van der Waals surface area contributed by atoms with Crippen LogP contribution in [-0.4, -0.2) is 34.8 Å². The standard InChI is InChI=1S/C20H23N5O3/c1-25-11-10-21-19(25)18(15-6-4-5-7-16(15)27-2)24-20(26)23-13-14-8-9-17(28-3)22-12-14/h4-12,18H,13H2,1-3H3,(H2,23,24,26). The molecule has 0 saturated carbocycles. The molecule has 1 aromatic carbocycles. The van der Waals surface area contributed by atoms with Crippen molar-refractivity contribution in [1.82, 2.24) is 25.2 Å². The average Bonchev–Trinajstić information content (AvgIpc) is 3.16. The van der Waals surface area contributed by atoms with E-state index in [1.165, 1.54) is 0 Å². The van der Waals surface area contributed by atoms with Crippen LogP contribution in [0.4, 0.5) is 4.79 Å². The number of nitrogens with one attached hydrogen (secondary N) is 2. The van der Waals surface area contributed by atoms with Crippen LogP contribution in [0.15, 0.2) is 55.0 Å². The van der Waals surface area contributed by atoms with E-state index in [1.54, 1.807) is 32.7 Å². The van der Waals surface area contributed by atoms with Gasteiger partial charge in [-0.1, -0.05) is 24.3 Å². The third kappa shape index (κ3) is 4.40. The van der Waals surface area contributed by atoms with E-state index in [-0.39, 0.29) is 6.03 Å². The van der Waals surface area contributed by atoms with Crippen molar-refractivity contribution in [2.45, 2.75) is 12.6 Å². The van der Waals surface area contributed by atoms with Crippen LogP contribution in [0.2, 0.25) is 0 Å². The summed E-state index contributed by atoms with van der Waals surface area (Å²) in [4.78, 5) is 21.1. The molecular weight excluding hydrogens is 358 g/mol. The molecule has 28 heavy (non-hydrogen) atoms. The summed E-state index contributed by atoms with van der Waals surface area (Å²) in [5, 5.41) is 5.83. The number of carbonyl (C=O) groups excluding carboxylic acids is 1. The van der Waals surface area contributed by atoms with Crippen molar-refractivity contribution in [3.05, 3.63) is 71.9 Å². The summed E-state index contributed by atoms with van der Waals surface area (Å²) in [5.74, 6) is 1.90. The van der Waals surface area contributed by atoms with Gasteiger partial charge in [0, 0.05) is 43.8 Å². The average molecular weight is 381 g/mol. The lowest BCUT2D eigenvalue weighted by molar-refractivity contribution is 0.237. The zero-order valence-electron chi connectivity index (χ0n) is 16.0. The van der Waals surface area contributed by atoms with Crippen molar-refractivity contribution >= 4 is 6.03 Å². The summed E-state index contributed by atoms with van der Waals surface area (Å²) >= 11 is 0. The summed E-state index contributed by atoms with van der Waals surface area (Å²) in [6, 6.07) is 10.4. The van der Waals surface area contributed by atoms with Crippen molar-refractivity contribution in [3.63, 3.8) is 0 Å². The van der Waals surface area contributed by atoms with E-state index in [0.717, 1.165) is 11.1 Å². The zero-order chi connectivity index (χ0) is 19.9. The van der Waals surface area contributed by atoms with Gasteiger partial charge in [-0.25, -0.2) is 14.8 Å². The van der Waals surface area contributed by atoms with Crippen molar-refractivity contribution in [2.75, 3.05) is 14.2 Å². The quantitative estimate of drug-likeness (QED) is 0.656. The van der Waals surface area contributed by atoms with E-state index >= 15 is 0 Å². The highest BCUT2D eigenvalue weighted by molar-refractivity contribution is 5.75. The summed E-state index contributed by atoms with van der Waals surface area (Å²) < 4.78 is 12.4. The summed E-state index contributed by atoms with van der Waals surface area (Å²) in [6.07, 6.45) is 5.19. The van der Waals surface area contributed by atoms with E-state index < -0.39 is 6.04 Å². The van der Waals surface area contributed by atoms with Gasteiger partial charge in [0.05, 0.1) is 14.2 Å². The molecule has 0 fully saturated rings. The maximum atomic E-state index is 12.6. The van der Waals surface area contributed by atoms with Crippen LogP contribution in [0.5, 0.6) is 11.6 Å². The minimum absolute atomic E-state index is 0.324. The van der Waals surface area contributed by atoms with Crippen LogP contribution in [0, 0.1) is 0 Å². The molecule has 0 aliphatic rings. The number of hydrogen-bond donors (Lipinski definition) is 2. The highest BCUT2D eigenvalue weighted by atomic mass is 16.5. The van der Waals surface area contributed by atoms with Crippen molar-refractivity contribution in [3.8, 4) is 11.6 Å². The molecule has 2 amide bonds. The van der Waals surface area contributed by atoms with E-state index in [9.17, 15) is 4.79 Å². The van der Waals surface area contributed by atoms with E-state index in [2.05, 4.69) is 20.6 Å². The number of hydrogen-bond acceptors (Lipinski definition) is 5. The fourth-order valence-electron chi connectivity index (χ4n) is 2.84. The number of para-hydroxylation sites is 1. The maximum absolute atomic E-state index is 12.6. The van der Waals surface area contributed by atoms with Crippen molar-refractivity contribution < 1.29 is 14.3 Å². The molecule has 1 atom stereocenters. The highest BCUT2D eigenvalue weighted by Crippen LogP contribution is 2.28. The second-order valence-electron chi connectivity index (χ2n) is 6.11. The number of methoxy groups -OCH3 is 2. The van der Waals surface area contributed by atoms with E-state index in [4.69, 9.17) is 9.47 Å². The Kier molecular flexibility index (Phi) is 6.11. The third-order valence-corrected chi connectivity index (χ3v) is 4.30. The number of nitrogens with zero attached hydrogens (tertiary/aromatic N) is 3. The van der Waals surface area contributed by atoms with Crippen molar-refractivity contribution in [1.29, 1.82) is 0 Å². The van der Waals surface area contributed by atoms with Gasteiger partial charge >= 0.3 is 6.03 Å². The number of imidazole rings is 1. The number of benzene rings is 1. The molecule has 0 aliphatic carbocycles. The molecule has 1 unspecified atom stereocenters. The molecule has 2 heterocycles. The molecular formula is C20H23N5O3. The minimum Gasteiger partial charge on any atom is -0.496 e. The Bertz CT molecular complexity index is 924. The van der Waals surface area contributed by atoms with E-state index in [0.29, 0.717) is 24.0 Å². The van der Waals surface area contributed by atoms with Gasteiger partial charge in [-0.2, -0.15) is 0 Å². The summed E-state index contributed by atoms with van der Waals surface area (Å²) in [5.41, 5.74) is 1.68. The first kappa shape index (κ1) is 19.2. The number of carbonyl (C=O) groups is 1. The largest absolute Gasteiger partial charge is 0.496 e. The van der Waals surface area contributed by atoms with Gasteiger partial charge in [-0.05, 0) is 11.6 Å². The zero-order valence-corrected chi connectivity index (χ0v) is 16.0. The van der Waals surface area contributed by atoms with Crippen molar-refractivity contribution in [2.24, 2.45) is 7.05 Å². The third-order valence-electron chi connectivity index (χ3n) is 4.30. The first-order chi connectivity index (χ1) is 13.6. The Balaban J connectivity index is 1.75. The first-order valence-electron chi connectivity index (χ1n) is 8.75. The molecule has 0 bridgehead atoms.